The number of nitrogens with zero attached hydrogens (tertiary/aromatic N) is 2. The number of hydrogen-bond donors (Lipinski definition) is 0. The quantitative estimate of drug-likeness (QED) is 0.583. The summed E-state index contributed by atoms with van der Waals surface area (Å²) in [4.78, 5) is 7.19. The summed E-state index contributed by atoms with van der Waals surface area (Å²) in [5.74, 6) is -0.391. The maximum Gasteiger partial charge on any atom is 0.177 e. The zero-order valence-electron chi connectivity index (χ0n) is 4.73. The first-order chi connectivity index (χ1) is 4.22. The molecule has 0 saturated heterocycles. The summed E-state index contributed by atoms with van der Waals surface area (Å²) in [7, 11) is 0. The molecule has 0 unspecified atom stereocenters. The van der Waals surface area contributed by atoms with Gasteiger partial charge in [-0.05, 0) is 22.9 Å². The van der Waals surface area contributed by atoms with Gasteiger partial charge in [0.2, 0.25) is 0 Å². The predicted molar refractivity (Wildman–Crippen MR) is 34.4 cm³/mol. The van der Waals surface area contributed by atoms with E-state index in [9.17, 15) is 4.39 Å². The number of hydrogen-bond acceptors (Lipinski definition) is 2. The van der Waals surface area contributed by atoms with E-state index in [2.05, 4.69) is 25.9 Å². The van der Waals surface area contributed by atoms with Crippen LogP contribution in [0.2, 0.25) is 0 Å². The Morgan fingerprint density at radius 2 is 2.22 bits per heavy atom. The molecule has 0 aromatic carbocycles. The molecule has 0 bridgehead atoms. The summed E-state index contributed by atoms with van der Waals surface area (Å²) in [5, 5.41) is 0. The van der Waals surface area contributed by atoms with Crippen LogP contribution < -0.4 is 0 Å². The lowest BCUT2D eigenvalue weighted by Crippen LogP contribution is -1.90. The van der Waals surface area contributed by atoms with E-state index in [1.54, 1.807) is 6.92 Å². The lowest BCUT2D eigenvalue weighted by Gasteiger charge is -1.93. The van der Waals surface area contributed by atoms with Crippen LogP contribution in [-0.4, -0.2) is 9.97 Å². The van der Waals surface area contributed by atoms with Crippen LogP contribution in [0.25, 0.3) is 0 Å². The van der Waals surface area contributed by atoms with Gasteiger partial charge in [-0.15, -0.1) is 0 Å². The third kappa shape index (κ3) is 1.24. The number of aromatic nitrogens is 2. The number of halogens is 2. The van der Waals surface area contributed by atoms with Crippen molar-refractivity contribution in [2.24, 2.45) is 0 Å². The molecule has 0 saturated carbocycles. The Balaban J connectivity index is 3.25. The first-order valence-electron chi connectivity index (χ1n) is 2.34. The van der Waals surface area contributed by atoms with E-state index in [1.165, 1.54) is 6.33 Å². The fourth-order valence-electron chi connectivity index (χ4n) is 0.429. The van der Waals surface area contributed by atoms with Crippen LogP contribution in [0.15, 0.2) is 10.9 Å². The average molecular weight is 191 g/mol. The van der Waals surface area contributed by atoms with E-state index in [0.29, 0.717) is 5.69 Å². The maximum absolute atomic E-state index is 12.6. The largest absolute Gasteiger partial charge is 0.239 e. The molecular formula is C5H4BrFN2. The van der Waals surface area contributed by atoms with Crippen molar-refractivity contribution in [3.8, 4) is 0 Å². The topological polar surface area (TPSA) is 25.8 Å². The molecule has 0 aliphatic carbocycles. The van der Waals surface area contributed by atoms with E-state index in [-0.39, 0.29) is 4.60 Å². The Bertz CT molecular complexity index is 206. The van der Waals surface area contributed by atoms with Crippen LogP contribution in [0.3, 0.4) is 0 Å². The Kier molecular flexibility index (Phi) is 1.75. The van der Waals surface area contributed by atoms with Gasteiger partial charge in [-0.1, -0.05) is 0 Å². The monoisotopic (exact) mass is 190 g/mol. The van der Waals surface area contributed by atoms with E-state index >= 15 is 0 Å². The molecular weight excluding hydrogens is 187 g/mol. The molecule has 0 aliphatic rings. The number of rotatable bonds is 0. The van der Waals surface area contributed by atoms with Crippen molar-refractivity contribution in [3.63, 3.8) is 0 Å². The molecule has 1 heterocycles. The Morgan fingerprint density at radius 3 is 2.67 bits per heavy atom. The third-order valence-corrected chi connectivity index (χ3v) is 1.47. The summed E-state index contributed by atoms with van der Waals surface area (Å²) >= 11 is 2.92. The summed E-state index contributed by atoms with van der Waals surface area (Å²) < 4.78 is 12.8. The second kappa shape index (κ2) is 2.39. The van der Waals surface area contributed by atoms with Crippen molar-refractivity contribution in [1.29, 1.82) is 0 Å². The molecule has 1 rings (SSSR count). The first-order valence-corrected chi connectivity index (χ1v) is 3.13. The standard InChI is InChI=1S/C5H4BrFN2/c1-3-4(7)5(6)9-2-8-3/h2H,1H3. The maximum atomic E-state index is 12.6. The van der Waals surface area contributed by atoms with Crippen LogP contribution >= 0.6 is 15.9 Å². The molecule has 0 amide bonds. The van der Waals surface area contributed by atoms with Gasteiger partial charge < -0.3 is 0 Å². The lowest BCUT2D eigenvalue weighted by molar-refractivity contribution is 0.592. The zero-order valence-corrected chi connectivity index (χ0v) is 6.31. The molecule has 1 aromatic heterocycles. The smallest absolute Gasteiger partial charge is 0.177 e. The van der Waals surface area contributed by atoms with Gasteiger partial charge in [0, 0.05) is 0 Å². The van der Waals surface area contributed by atoms with Gasteiger partial charge in [-0.3, -0.25) is 0 Å². The Hall–Kier alpha value is -0.510. The van der Waals surface area contributed by atoms with Crippen molar-refractivity contribution in [3.05, 3.63) is 22.4 Å². The molecule has 0 radical (unpaired) electrons. The minimum Gasteiger partial charge on any atom is -0.239 e. The van der Waals surface area contributed by atoms with Gasteiger partial charge in [0.1, 0.15) is 10.9 Å². The van der Waals surface area contributed by atoms with E-state index < -0.39 is 5.82 Å². The van der Waals surface area contributed by atoms with E-state index in [4.69, 9.17) is 0 Å². The molecule has 48 valence electrons. The molecule has 4 heteroatoms. The summed E-state index contributed by atoms with van der Waals surface area (Å²) in [6.45, 7) is 1.59. The van der Waals surface area contributed by atoms with Crippen LogP contribution in [-0.2, 0) is 0 Å². The lowest BCUT2D eigenvalue weighted by atomic mass is 10.4. The van der Waals surface area contributed by atoms with Gasteiger partial charge in [0.05, 0.1) is 5.69 Å². The van der Waals surface area contributed by atoms with E-state index in [1.807, 2.05) is 0 Å². The van der Waals surface area contributed by atoms with Crippen molar-refractivity contribution in [2.75, 3.05) is 0 Å². The second-order valence-electron chi connectivity index (χ2n) is 1.56. The third-order valence-electron chi connectivity index (χ3n) is 0.921. The summed E-state index contributed by atoms with van der Waals surface area (Å²) in [6, 6.07) is 0. The molecule has 0 spiro atoms. The highest BCUT2D eigenvalue weighted by Crippen LogP contribution is 2.11. The molecule has 0 atom stereocenters. The molecule has 9 heavy (non-hydrogen) atoms. The molecule has 0 aliphatic heterocycles. The highest BCUT2D eigenvalue weighted by molar-refractivity contribution is 9.10. The van der Waals surface area contributed by atoms with Gasteiger partial charge in [0.15, 0.2) is 5.82 Å². The van der Waals surface area contributed by atoms with Crippen LogP contribution in [0.1, 0.15) is 5.69 Å². The predicted octanol–water partition coefficient (Wildman–Crippen LogP) is 1.69. The normalized spacial score (nSPS) is 9.67. The zero-order chi connectivity index (χ0) is 6.85. The van der Waals surface area contributed by atoms with Crippen LogP contribution in [0.5, 0.6) is 0 Å². The summed E-state index contributed by atoms with van der Waals surface area (Å²) in [6.07, 6.45) is 1.31. The first kappa shape index (κ1) is 6.61. The number of aryl methyl sites for hydroxylation is 1. The van der Waals surface area contributed by atoms with Crippen LogP contribution in [0.4, 0.5) is 4.39 Å². The summed E-state index contributed by atoms with van der Waals surface area (Å²) in [5.41, 5.74) is 0.358. The Labute approximate surface area is 60.3 Å². The van der Waals surface area contributed by atoms with Gasteiger partial charge in [-0.25, -0.2) is 14.4 Å². The molecule has 0 fully saturated rings. The highest BCUT2D eigenvalue weighted by Gasteiger charge is 2.01. The Morgan fingerprint density at radius 1 is 1.56 bits per heavy atom. The van der Waals surface area contributed by atoms with Crippen LogP contribution in [0, 0.1) is 12.7 Å². The SMILES string of the molecule is Cc1ncnc(Br)c1F. The second-order valence-corrected chi connectivity index (χ2v) is 2.32. The minimum atomic E-state index is -0.391. The van der Waals surface area contributed by atoms with Gasteiger partial charge in [-0.2, -0.15) is 0 Å². The fraction of sp³-hybridized carbons (Fsp3) is 0.200. The van der Waals surface area contributed by atoms with Crippen molar-refractivity contribution in [1.82, 2.24) is 9.97 Å². The fourth-order valence-corrected chi connectivity index (χ4v) is 0.807. The minimum absolute atomic E-state index is 0.218. The van der Waals surface area contributed by atoms with Crippen molar-refractivity contribution in [2.45, 2.75) is 6.92 Å². The molecule has 1 aromatic rings. The van der Waals surface area contributed by atoms with Gasteiger partial charge >= 0.3 is 0 Å². The average Bonchev–Trinajstić information content (AvgIpc) is 1.83. The molecule has 2 nitrogen and oxygen atoms in total. The van der Waals surface area contributed by atoms with Gasteiger partial charge in [0.25, 0.3) is 0 Å². The van der Waals surface area contributed by atoms with Crippen molar-refractivity contribution >= 4 is 15.9 Å². The van der Waals surface area contributed by atoms with Crippen molar-refractivity contribution < 1.29 is 4.39 Å². The highest BCUT2D eigenvalue weighted by atomic mass is 79.9. The van der Waals surface area contributed by atoms with E-state index in [0.717, 1.165) is 0 Å². The molecule has 0 N–H and O–H groups in total.